The molecule has 2 N–H and O–H groups in total. The molecule has 1 aromatic carbocycles. The summed E-state index contributed by atoms with van der Waals surface area (Å²) in [5.41, 5.74) is -1.27. The fraction of sp³-hybridized carbons (Fsp3) is 0.462. The molecule has 0 saturated heterocycles. The predicted octanol–water partition coefficient (Wildman–Crippen LogP) is 2.25. The number of aliphatic hydroxyl groups is 1. The topological polar surface area (TPSA) is 49.3 Å². The summed E-state index contributed by atoms with van der Waals surface area (Å²) in [6, 6.07) is 3.27. The predicted molar refractivity (Wildman–Crippen MR) is 64.2 cm³/mol. The highest BCUT2D eigenvalue weighted by molar-refractivity contribution is 5.95. The highest BCUT2D eigenvalue weighted by Gasteiger charge is 2.27. The molecule has 0 aliphatic carbocycles. The third-order valence-electron chi connectivity index (χ3n) is 3.05. The van der Waals surface area contributed by atoms with Crippen LogP contribution in [-0.4, -0.2) is 23.2 Å². The number of nitrogens with one attached hydrogen (secondary N) is 1. The molecule has 1 unspecified atom stereocenters. The molecule has 0 heterocycles. The van der Waals surface area contributed by atoms with E-state index in [2.05, 4.69) is 5.32 Å². The Morgan fingerprint density at radius 3 is 2.39 bits per heavy atom. The van der Waals surface area contributed by atoms with Gasteiger partial charge < -0.3 is 10.4 Å². The molecule has 0 aliphatic rings. The largest absolute Gasteiger partial charge is 0.396 e. The third-order valence-corrected chi connectivity index (χ3v) is 3.05. The Kier molecular flexibility index (Phi) is 4.78. The summed E-state index contributed by atoms with van der Waals surface area (Å²) in [5.74, 6) is -2.59. The van der Waals surface area contributed by atoms with Crippen LogP contribution >= 0.6 is 0 Å². The summed E-state index contributed by atoms with van der Waals surface area (Å²) in [7, 11) is 0. The first-order valence-electron chi connectivity index (χ1n) is 5.81. The summed E-state index contributed by atoms with van der Waals surface area (Å²) >= 11 is 0. The monoisotopic (exact) mass is 257 g/mol. The number of hydrogen-bond donors (Lipinski definition) is 2. The zero-order valence-corrected chi connectivity index (χ0v) is 10.5. The van der Waals surface area contributed by atoms with Gasteiger partial charge in [0.05, 0.1) is 0 Å². The summed E-state index contributed by atoms with van der Waals surface area (Å²) in [6.45, 7) is 3.44. The maximum atomic E-state index is 13.4. The average molecular weight is 257 g/mol. The van der Waals surface area contributed by atoms with Crippen LogP contribution in [0.2, 0.25) is 0 Å². The molecule has 0 saturated carbocycles. The first-order valence-corrected chi connectivity index (χ1v) is 5.81. The van der Waals surface area contributed by atoms with Crippen LogP contribution in [0.3, 0.4) is 0 Å². The second-order valence-electron chi connectivity index (χ2n) is 4.44. The van der Waals surface area contributed by atoms with Crippen molar-refractivity contribution < 1.29 is 18.7 Å². The molecule has 1 atom stereocenters. The Hall–Kier alpha value is -1.49. The molecule has 5 heteroatoms. The van der Waals surface area contributed by atoms with Crippen molar-refractivity contribution in [1.82, 2.24) is 5.32 Å². The molecule has 0 bridgehead atoms. The molecule has 0 radical (unpaired) electrons. The number of halogens is 2. The summed E-state index contributed by atoms with van der Waals surface area (Å²) < 4.78 is 26.8. The van der Waals surface area contributed by atoms with Gasteiger partial charge >= 0.3 is 0 Å². The normalized spacial score (nSPS) is 14.1. The highest BCUT2D eigenvalue weighted by Crippen LogP contribution is 2.17. The minimum absolute atomic E-state index is 0.107. The summed E-state index contributed by atoms with van der Waals surface area (Å²) in [6.07, 6.45) is 0.876. The van der Waals surface area contributed by atoms with Crippen LogP contribution in [0.1, 0.15) is 37.0 Å². The molecular weight excluding hydrogens is 240 g/mol. The van der Waals surface area contributed by atoms with Crippen LogP contribution in [-0.2, 0) is 0 Å². The summed E-state index contributed by atoms with van der Waals surface area (Å²) in [4.78, 5) is 11.9. The van der Waals surface area contributed by atoms with Gasteiger partial charge in [-0.2, -0.15) is 0 Å². The Bertz CT molecular complexity index is 417. The van der Waals surface area contributed by atoms with Crippen molar-refractivity contribution in [3.8, 4) is 0 Å². The van der Waals surface area contributed by atoms with E-state index >= 15 is 0 Å². The van der Waals surface area contributed by atoms with E-state index < -0.39 is 28.6 Å². The number of rotatable bonds is 5. The van der Waals surface area contributed by atoms with Gasteiger partial charge in [-0.1, -0.05) is 13.0 Å². The quantitative estimate of drug-likeness (QED) is 0.850. The van der Waals surface area contributed by atoms with Crippen LogP contribution in [0.25, 0.3) is 0 Å². The van der Waals surface area contributed by atoms with E-state index in [1.807, 2.05) is 6.92 Å². The van der Waals surface area contributed by atoms with Crippen molar-refractivity contribution in [3.05, 3.63) is 35.4 Å². The second kappa shape index (κ2) is 5.91. The Balaban J connectivity index is 2.95. The molecule has 0 fully saturated rings. The van der Waals surface area contributed by atoms with E-state index in [4.69, 9.17) is 5.11 Å². The Labute approximate surface area is 105 Å². The maximum Gasteiger partial charge on any atom is 0.257 e. The highest BCUT2D eigenvalue weighted by atomic mass is 19.1. The van der Waals surface area contributed by atoms with Crippen LogP contribution < -0.4 is 5.32 Å². The van der Waals surface area contributed by atoms with Crippen molar-refractivity contribution in [1.29, 1.82) is 0 Å². The van der Waals surface area contributed by atoms with Crippen molar-refractivity contribution >= 4 is 5.91 Å². The maximum absolute atomic E-state index is 13.4. The molecule has 0 aromatic heterocycles. The molecule has 1 amide bonds. The molecule has 1 aromatic rings. The van der Waals surface area contributed by atoms with Gasteiger partial charge in [-0.15, -0.1) is 0 Å². The molecule has 18 heavy (non-hydrogen) atoms. The van der Waals surface area contributed by atoms with E-state index in [1.165, 1.54) is 6.07 Å². The number of carbonyl (C=O) groups is 1. The molecular formula is C13H17F2NO2. The SMILES string of the molecule is CCC(C)(CCO)NC(=O)c1c(F)cccc1F. The Morgan fingerprint density at radius 1 is 1.39 bits per heavy atom. The first-order chi connectivity index (χ1) is 8.43. The number of benzene rings is 1. The molecule has 1 rings (SSSR count). The van der Waals surface area contributed by atoms with E-state index in [0.29, 0.717) is 12.8 Å². The second-order valence-corrected chi connectivity index (χ2v) is 4.44. The van der Waals surface area contributed by atoms with Crippen LogP contribution in [0.4, 0.5) is 8.78 Å². The minimum atomic E-state index is -0.894. The molecule has 100 valence electrons. The van der Waals surface area contributed by atoms with Gasteiger partial charge in [-0.3, -0.25) is 4.79 Å². The van der Waals surface area contributed by atoms with E-state index in [0.717, 1.165) is 12.1 Å². The van der Waals surface area contributed by atoms with E-state index in [1.54, 1.807) is 6.92 Å². The van der Waals surface area contributed by atoms with Gasteiger partial charge in [0.15, 0.2) is 0 Å². The minimum Gasteiger partial charge on any atom is -0.396 e. The molecule has 3 nitrogen and oxygen atoms in total. The van der Waals surface area contributed by atoms with Crippen molar-refractivity contribution in [2.24, 2.45) is 0 Å². The number of carbonyl (C=O) groups excluding carboxylic acids is 1. The fourth-order valence-electron chi connectivity index (χ4n) is 1.63. The molecule has 0 spiro atoms. The van der Waals surface area contributed by atoms with Gasteiger partial charge in [0.1, 0.15) is 17.2 Å². The van der Waals surface area contributed by atoms with Gasteiger partial charge in [0.2, 0.25) is 0 Å². The molecule has 0 aliphatic heterocycles. The lowest BCUT2D eigenvalue weighted by molar-refractivity contribution is 0.0877. The number of amides is 1. The zero-order valence-electron chi connectivity index (χ0n) is 10.5. The van der Waals surface area contributed by atoms with Crippen molar-refractivity contribution in [2.75, 3.05) is 6.61 Å². The fourth-order valence-corrected chi connectivity index (χ4v) is 1.63. The van der Waals surface area contributed by atoms with Gasteiger partial charge in [-0.05, 0) is 31.9 Å². The van der Waals surface area contributed by atoms with Crippen molar-refractivity contribution in [3.63, 3.8) is 0 Å². The van der Waals surface area contributed by atoms with E-state index in [-0.39, 0.29) is 6.61 Å². The van der Waals surface area contributed by atoms with Gasteiger partial charge in [0.25, 0.3) is 5.91 Å². The number of hydrogen-bond acceptors (Lipinski definition) is 2. The lowest BCUT2D eigenvalue weighted by Crippen LogP contribution is -2.46. The number of aliphatic hydroxyl groups excluding tert-OH is 1. The van der Waals surface area contributed by atoms with E-state index in [9.17, 15) is 13.6 Å². The van der Waals surface area contributed by atoms with Gasteiger partial charge in [-0.25, -0.2) is 8.78 Å². The van der Waals surface area contributed by atoms with Crippen LogP contribution in [0.15, 0.2) is 18.2 Å². The standard InChI is InChI=1S/C13H17F2NO2/c1-3-13(2,7-8-17)16-12(18)11-9(14)5-4-6-10(11)15/h4-6,17H,3,7-8H2,1-2H3,(H,16,18). The lowest BCUT2D eigenvalue weighted by atomic mass is 9.94. The summed E-state index contributed by atoms with van der Waals surface area (Å²) in [5, 5.41) is 11.5. The smallest absolute Gasteiger partial charge is 0.257 e. The first kappa shape index (κ1) is 14.6. The Morgan fingerprint density at radius 2 is 1.94 bits per heavy atom. The zero-order chi connectivity index (χ0) is 13.8. The lowest BCUT2D eigenvalue weighted by Gasteiger charge is -2.29. The van der Waals surface area contributed by atoms with Gasteiger partial charge in [0, 0.05) is 12.1 Å². The third kappa shape index (κ3) is 3.26. The van der Waals surface area contributed by atoms with Crippen LogP contribution in [0.5, 0.6) is 0 Å². The average Bonchev–Trinajstić information content (AvgIpc) is 2.29. The van der Waals surface area contributed by atoms with Crippen molar-refractivity contribution in [2.45, 2.75) is 32.2 Å². The van der Waals surface area contributed by atoms with Crippen LogP contribution in [0, 0.1) is 11.6 Å².